The molecule has 1 amide bonds. The van der Waals surface area contributed by atoms with Crippen molar-refractivity contribution in [1.82, 2.24) is 15.5 Å². The number of carboxylic acid groups (broad SMARTS) is 1. The largest absolute Gasteiger partial charge is 0.480 e. The first kappa shape index (κ1) is 17.4. The molecule has 2 N–H and O–H groups in total. The van der Waals surface area contributed by atoms with E-state index in [2.05, 4.69) is 15.5 Å². The van der Waals surface area contributed by atoms with Crippen molar-refractivity contribution < 1.29 is 19.2 Å². The summed E-state index contributed by atoms with van der Waals surface area (Å²) in [4.78, 5) is 27.9. The van der Waals surface area contributed by atoms with Crippen LogP contribution in [0.3, 0.4) is 0 Å². The average molecular weight is 323 g/mol. The summed E-state index contributed by atoms with van der Waals surface area (Å²) in [6.45, 7) is 2.05. The SMILES string of the molecule is CCCc1noc(CCCC(=O)NC2(C(=O)O)CCCCC2)n1. The van der Waals surface area contributed by atoms with Gasteiger partial charge in [0.25, 0.3) is 0 Å². The Morgan fingerprint density at radius 1 is 1.26 bits per heavy atom. The lowest BCUT2D eigenvalue weighted by Crippen LogP contribution is -2.55. The summed E-state index contributed by atoms with van der Waals surface area (Å²) < 4.78 is 5.12. The molecule has 1 aliphatic rings. The number of nitrogens with zero attached hydrogens (tertiary/aromatic N) is 2. The zero-order valence-electron chi connectivity index (χ0n) is 13.6. The zero-order valence-corrected chi connectivity index (χ0v) is 13.6. The maximum Gasteiger partial charge on any atom is 0.329 e. The second-order valence-corrected chi connectivity index (χ2v) is 6.20. The maximum absolute atomic E-state index is 12.1. The third kappa shape index (κ3) is 4.77. The van der Waals surface area contributed by atoms with E-state index in [0.717, 1.165) is 32.1 Å². The van der Waals surface area contributed by atoms with Crippen molar-refractivity contribution in [1.29, 1.82) is 0 Å². The Balaban J connectivity index is 1.78. The van der Waals surface area contributed by atoms with Gasteiger partial charge < -0.3 is 14.9 Å². The van der Waals surface area contributed by atoms with Crippen LogP contribution in [0.1, 0.15) is 70.0 Å². The van der Waals surface area contributed by atoms with Crippen LogP contribution in [0.25, 0.3) is 0 Å². The van der Waals surface area contributed by atoms with Gasteiger partial charge in [0.15, 0.2) is 5.82 Å². The Labute approximate surface area is 135 Å². The minimum Gasteiger partial charge on any atom is -0.480 e. The second kappa shape index (κ2) is 8.08. The van der Waals surface area contributed by atoms with E-state index >= 15 is 0 Å². The highest BCUT2D eigenvalue weighted by Crippen LogP contribution is 2.28. The Bertz CT molecular complexity index is 535. The van der Waals surface area contributed by atoms with Crippen LogP contribution in [-0.4, -0.2) is 32.7 Å². The summed E-state index contributed by atoms with van der Waals surface area (Å²) in [5, 5.41) is 16.1. The zero-order chi connectivity index (χ0) is 16.7. The van der Waals surface area contributed by atoms with Gasteiger partial charge in [0.05, 0.1) is 0 Å². The molecule has 23 heavy (non-hydrogen) atoms. The summed E-state index contributed by atoms with van der Waals surface area (Å²) in [5.41, 5.74) is -1.08. The van der Waals surface area contributed by atoms with Crippen LogP contribution in [0.4, 0.5) is 0 Å². The summed E-state index contributed by atoms with van der Waals surface area (Å²) >= 11 is 0. The first-order valence-corrected chi connectivity index (χ1v) is 8.41. The number of amides is 1. The van der Waals surface area contributed by atoms with E-state index in [1.54, 1.807) is 0 Å². The minimum atomic E-state index is -1.08. The van der Waals surface area contributed by atoms with Crippen LogP contribution in [0.2, 0.25) is 0 Å². The Morgan fingerprint density at radius 2 is 2.00 bits per heavy atom. The molecule has 7 heteroatoms. The summed E-state index contributed by atoms with van der Waals surface area (Å²) in [6.07, 6.45) is 6.84. The molecular weight excluding hydrogens is 298 g/mol. The van der Waals surface area contributed by atoms with Gasteiger partial charge in [0.2, 0.25) is 11.8 Å². The standard InChI is InChI=1S/C16H25N3O4/c1-2-7-12-17-14(23-19-12)9-6-8-13(20)18-16(15(21)22)10-4-3-5-11-16/h2-11H2,1H3,(H,18,20)(H,21,22). The Morgan fingerprint density at radius 3 is 2.65 bits per heavy atom. The molecule has 0 aliphatic heterocycles. The van der Waals surface area contributed by atoms with E-state index in [-0.39, 0.29) is 12.3 Å². The van der Waals surface area contributed by atoms with E-state index in [9.17, 15) is 14.7 Å². The summed E-state index contributed by atoms with van der Waals surface area (Å²) in [7, 11) is 0. The van der Waals surface area contributed by atoms with Crippen LogP contribution in [0, 0.1) is 0 Å². The lowest BCUT2D eigenvalue weighted by molar-refractivity contribution is -0.149. The van der Waals surface area contributed by atoms with Crippen molar-refractivity contribution in [3.8, 4) is 0 Å². The molecule has 1 aromatic rings. The topological polar surface area (TPSA) is 105 Å². The van der Waals surface area contributed by atoms with E-state index in [0.29, 0.717) is 37.4 Å². The van der Waals surface area contributed by atoms with Gasteiger partial charge in [-0.3, -0.25) is 4.79 Å². The van der Waals surface area contributed by atoms with Gasteiger partial charge in [-0.05, 0) is 25.7 Å². The van der Waals surface area contributed by atoms with Gasteiger partial charge in [0.1, 0.15) is 5.54 Å². The molecule has 0 radical (unpaired) electrons. The smallest absolute Gasteiger partial charge is 0.329 e. The van der Waals surface area contributed by atoms with E-state index in [1.807, 2.05) is 6.92 Å². The van der Waals surface area contributed by atoms with Crippen LogP contribution >= 0.6 is 0 Å². The maximum atomic E-state index is 12.1. The second-order valence-electron chi connectivity index (χ2n) is 6.20. The number of aliphatic carboxylic acids is 1. The molecule has 128 valence electrons. The van der Waals surface area contributed by atoms with Crippen LogP contribution in [0.15, 0.2) is 4.52 Å². The van der Waals surface area contributed by atoms with Crippen molar-refractivity contribution in [2.75, 3.05) is 0 Å². The van der Waals surface area contributed by atoms with Gasteiger partial charge in [-0.2, -0.15) is 4.98 Å². The Kier molecular flexibility index (Phi) is 6.12. The first-order chi connectivity index (χ1) is 11.1. The van der Waals surface area contributed by atoms with Crippen molar-refractivity contribution in [3.05, 3.63) is 11.7 Å². The lowest BCUT2D eigenvalue weighted by Gasteiger charge is -2.34. The quantitative estimate of drug-likeness (QED) is 0.760. The van der Waals surface area contributed by atoms with E-state index in [1.165, 1.54) is 0 Å². The minimum absolute atomic E-state index is 0.220. The van der Waals surface area contributed by atoms with Crippen molar-refractivity contribution in [3.63, 3.8) is 0 Å². The van der Waals surface area contributed by atoms with Gasteiger partial charge in [-0.25, -0.2) is 4.79 Å². The average Bonchev–Trinajstić information content (AvgIpc) is 2.96. The predicted molar refractivity (Wildman–Crippen MR) is 82.8 cm³/mol. The Hall–Kier alpha value is -1.92. The number of hydrogen-bond acceptors (Lipinski definition) is 5. The number of carbonyl (C=O) groups excluding carboxylic acids is 1. The molecule has 2 rings (SSSR count). The molecule has 0 spiro atoms. The highest BCUT2D eigenvalue weighted by atomic mass is 16.5. The fourth-order valence-corrected chi connectivity index (χ4v) is 2.99. The molecule has 0 unspecified atom stereocenters. The third-order valence-electron chi connectivity index (χ3n) is 4.27. The summed E-state index contributed by atoms with van der Waals surface area (Å²) in [5.74, 6) is 0.0834. The highest BCUT2D eigenvalue weighted by Gasteiger charge is 2.40. The van der Waals surface area contributed by atoms with Gasteiger partial charge in [-0.15, -0.1) is 0 Å². The third-order valence-corrected chi connectivity index (χ3v) is 4.27. The number of nitrogens with one attached hydrogen (secondary N) is 1. The molecule has 1 saturated carbocycles. The molecule has 7 nitrogen and oxygen atoms in total. The monoisotopic (exact) mass is 323 g/mol. The molecule has 0 atom stereocenters. The molecule has 1 aliphatic carbocycles. The number of aryl methyl sites for hydroxylation is 2. The molecular formula is C16H25N3O4. The van der Waals surface area contributed by atoms with Crippen molar-refractivity contribution in [2.45, 2.75) is 76.7 Å². The van der Waals surface area contributed by atoms with Crippen molar-refractivity contribution in [2.24, 2.45) is 0 Å². The van der Waals surface area contributed by atoms with Crippen molar-refractivity contribution >= 4 is 11.9 Å². The molecule has 0 aromatic carbocycles. The van der Waals surface area contributed by atoms with Crippen LogP contribution < -0.4 is 5.32 Å². The number of hydrogen-bond donors (Lipinski definition) is 2. The normalized spacial score (nSPS) is 16.9. The molecule has 0 saturated heterocycles. The fourth-order valence-electron chi connectivity index (χ4n) is 2.99. The van der Waals surface area contributed by atoms with Gasteiger partial charge in [0, 0.05) is 19.3 Å². The van der Waals surface area contributed by atoms with E-state index < -0.39 is 11.5 Å². The van der Waals surface area contributed by atoms with E-state index in [4.69, 9.17) is 4.52 Å². The predicted octanol–water partition coefficient (Wildman–Crippen LogP) is 2.25. The molecule has 1 heterocycles. The summed E-state index contributed by atoms with van der Waals surface area (Å²) in [6, 6.07) is 0. The highest BCUT2D eigenvalue weighted by molar-refractivity contribution is 5.87. The first-order valence-electron chi connectivity index (χ1n) is 8.41. The molecule has 1 aromatic heterocycles. The van der Waals surface area contributed by atoms with Gasteiger partial charge in [-0.1, -0.05) is 31.3 Å². The molecule has 1 fully saturated rings. The van der Waals surface area contributed by atoms with Gasteiger partial charge >= 0.3 is 5.97 Å². The lowest BCUT2D eigenvalue weighted by atomic mass is 9.81. The fraction of sp³-hybridized carbons (Fsp3) is 0.750. The number of carboxylic acids is 1. The number of rotatable bonds is 8. The molecule has 0 bridgehead atoms. The number of aromatic nitrogens is 2. The number of carbonyl (C=O) groups is 2. The van der Waals surface area contributed by atoms with Crippen LogP contribution in [-0.2, 0) is 22.4 Å². The van der Waals surface area contributed by atoms with Crippen LogP contribution in [0.5, 0.6) is 0 Å².